The first-order valence-corrected chi connectivity index (χ1v) is 9.07. The molecule has 0 saturated heterocycles. The molecule has 0 aromatic carbocycles. The van der Waals surface area contributed by atoms with Crippen molar-refractivity contribution in [2.24, 2.45) is 0 Å². The van der Waals surface area contributed by atoms with Gasteiger partial charge in [0, 0.05) is 17.3 Å². The van der Waals surface area contributed by atoms with Crippen molar-refractivity contribution < 1.29 is 94.5 Å². The largest absolute Gasteiger partial charge is 0.465 e. The van der Waals surface area contributed by atoms with Gasteiger partial charge in [0.1, 0.15) is 13.2 Å². The average molecular weight is 607 g/mol. The minimum absolute atomic E-state index is 0.235. The van der Waals surface area contributed by atoms with Crippen LogP contribution in [0.1, 0.15) is 16.8 Å². The summed E-state index contributed by atoms with van der Waals surface area (Å²) < 4.78 is 201. The van der Waals surface area contributed by atoms with Crippen LogP contribution >= 0.6 is 0 Å². The number of halogens is 15. The van der Waals surface area contributed by atoms with E-state index < -0.39 is 90.0 Å². The summed E-state index contributed by atoms with van der Waals surface area (Å²) in [7, 11) is 0. The van der Waals surface area contributed by atoms with Crippen LogP contribution in [0.15, 0.2) is 6.20 Å². The zero-order chi connectivity index (χ0) is 31.0. The monoisotopic (exact) mass is 607 g/mol. The van der Waals surface area contributed by atoms with Crippen LogP contribution in [-0.2, 0) is 37.1 Å². The Balaban J connectivity index is 3.54. The van der Waals surface area contributed by atoms with Gasteiger partial charge in [0.25, 0.3) is 0 Å². The number of hydrogen-bond donors (Lipinski definition) is 0. The van der Waals surface area contributed by atoms with Gasteiger partial charge >= 0.3 is 54.2 Å². The molecule has 0 aliphatic carbocycles. The molecule has 1 aromatic rings. The van der Waals surface area contributed by atoms with Gasteiger partial charge in [-0.25, -0.2) is 14.4 Å². The van der Waals surface area contributed by atoms with E-state index in [0.717, 1.165) is 0 Å². The summed E-state index contributed by atoms with van der Waals surface area (Å²) in [6, 6.07) is 0. The lowest BCUT2D eigenvalue weighted by atomic mass is 10.1. The molecule has 0 amide bonds. The standard InChI is InChI=1S/C17H8F15NO6/c1-5-8(39-11(36)14(22,23)17(30,31)32)7(4-38-10(35)13(20,21)16(27,28)29)6(2-33-5)3-37-9(34)12(18,19)15(24,25)26/h2H,3-4H2,1H3. The summed E-state index contributed by atoms with van der Waals surface area (Å²) in [6.45, 7) is -3.37. The van der Waals surface area contributed by atoms with E-state index in [1.807, 2.05) is 0 Å². The van der Waals surface area contributed by atoms with Gasteiger partial charge < -0.3 is 14.2 Å². The van der Waals surface area contributed by atoms with Crippen LogP contribution < -0.4 is 4.74 Å². The first-order chi connectivity index (χ1) is 17.2. The van der Waals surface area contributed by atoms with Crippen LogP contribution in [-0.4, -0.2) is 59.2 Å². The topological polar surface area (TPSA) is 91.8 Å². The highest BCUT2D eigenvalue weighted by Gasteiger charge is 2.67. The highest BCUT2D eigenvalue weighted by atomic mass is 19.4. The number of ether oxygens (including phenoxy) is 3. The highest BCUT2D eigenvalue weighted by molar-refractivity contribution is 5.82. The third-order valence-electron chi connectivity index (χ3n) is 4.14. The number of aryl methyl sites for hydroxylation is 1. The average Bonchev–Trinajstić information content (AvgIpc) is 2.75. The molecule has 0 aliphatic heterocycles. The van der Waals surface area contributed by atoms with Gasteiger partial charge in [-0.1, -0.05) is 0 Å². The Kier molecular flexibility index (Phi) is 9.10. The molecular formula is C17H8F15NO6. The Hall–Kier alpha value is -3.49. The molecule has 0 aliphatic rings. The number of alkyl halides is 15. The number of rotatable bonds is 8. The van der Waals surface area contributed by atoms with Crippen molar-refractivity contribution in [3.8, 4) is 5.75 Å². The van der Waals surface area contributed by atoms with Gasteiger partial charge in [-0.15, -0.1) is 0 Å². The molecule has 1 aromatic heterocycles. The minimum Gasteiger partial charge on any atom is -0.456 e. The lowest BCUT2D eigenvalue weighted by molar-refractivity contribution is -0.281. The summed E-state index contributed by atoms with van der Waals surface area (Å²) in [5, 5.41) is 0. The quantitative estimate of drug-likeness (QED) is 0.305. The van der Waals surface area contributed by atoms with Crippen LogP contribution in [0, 0.1) is 6.92 Å². The molecule has 0 saturated carbocycles. The second kappa shape index (κ2) is 10.6. The normalized spacial score (nSPS) is 13.6. The van der Waals surface area contributed by atoms with E-state index in [4.69, 9.17) is 0 Å². The van der Waals surface area contributed by atoms with Gasteiger partial charge in [0.2, 0.25) is 0 Å². The van der Waals surface area contributed by atoms with E-state index >= 15 is 0 Å². The fourth-order valence-corrected chi connectivity index (χ4v) is 2.06. The van der Waals surface area contributed by atoms with Crippen molar-refractivity contribution in [3.05, 3.63) is 23.0 Å². The van der Waals surface area contributed by atoms with Crippen LogP contribution in [0.5, 0.6) is 5.75 Å². The highest BCUT2D eigenvalue weighted by Crippen LogP contribution is 2.40. The van der Waals surface area contributed by atoms with Crippen molar-refractivity contribution >= 4 is 17.9 Å². The number of nitrogens with zero attached hydrogens (tertiary/aromatic N) is 1. The molecule has 0 atom stereocenters. The predicted octanol–water partition coefficient (Wildman–Crippen LogP) is 4.97. The maximum absolute atomic E-state index is 13.3. The smallest absolute Gasteiger partial charge is 0.456 e. The van der Waals surface area contributed by atoms with Gasteiger partial charge in [0.15, 0.2) is 5.75 Å². The summed E-state index contributed by atoms with van der Waals surface area (Å²) in [4.78, 5) is 37.0. The molecule has 1 rings (SSSR count). The van der Waals surface area contributed by atoms with Crippen LogP contribution in [0.2, 0.25) is 0 Å². The molecular weight excluding hydrogens is 599 g/mol. The summed E-state index contributed by atoms with van der Waals surface area (Å²) in [6.07, 6.45) is -19.5. The zero-order valence-electron chi connectivity index (χ0n) is 18.1. The third-order valence-corrected chi connectivity index (χ3v) is 4.14. The van der Waals surface area contributed by atoms with Gasteiger partial charge in [-0.3, -0.25) is 4.98 Å². The van der Waals surface area contributed by atoms with Crippen molar-refractivity contribution in [3.63, 3.8) is 0 Å². The van der Waals surface area contributed by atoms with E-state index in [0.29, 0.717) is 6.92 Å². The third kappa shape index (κ3) is 6.94. The summed E-state index contributed by atoms with van der Waals surface area (Å²) >= 11 is 0. The van der Waals surface area contributed by atoms with Crippen LogP contribution in [0.25, 0.3) is 0 Å². The predicted molar refractivity (Wildman–Crippen MR) is 87.2 cm³/mol. The van der Waals surface area contributed by atoms with Crippen molar-refractivity contribution in [2.45, 2.75) is 56.4 Å². The van der Waals surface area contributed by atoms with E-state index in [2.05, 4.69) is 19.2 Å². The van der Waals surface area contributed by atoms with Gasteiger partial charge in [-0.05, 0) is 6.92 Å². The van der Waals surface area contributed by atoms with E-state index in [1.165, 1.54) is 0 Å². The number of hydrogen-bond acceptors (Lipinski definition) is 7. The molecule has 1 heterocycles. The second-order valence-electron chi connectivity index (χ2n) is 6.93. The van der Waals surface area contributed by atoms with Crippen molar-refractivity contribution in [2.75, 3.05) is 0 Å². The number of pyridine rings is 1. The first kappa shape index (κ1) is 33.5. The molecule has 39 heavy (non-hydrogen) atoms. The molecule has 222 valence electrons. The lowest BCUT2D eigenvalue weighted by Gasteiger charge is -2.22. The molecule has 0 unspecified atom stereocenters. The second-order valence-corrected chi connectivity index (χ2v) is 6.93. The molecule has 7 nitrogen and oxygen atoms in total. The summed E-state index contributed by atoms with van der Waals surface area (Å²) in [5.41, 5.74) is -3.68. The Morgan fingerprint density at radius 1 is 0.641 bits per heavy atom. The van der Waals surface area contributed by atoms with E-state index in [1.54, 1.807) is 0 Å². The van der Waals surface area contributed by atoms with Crippen LogP contribution in [0.4, 0.5) is 65.9 Å². The maximum atomic E-state index is 13.3. The number of esters is 3. The van der Waals surface area contributed by atoms with Crippen molar-refractivity contribution in [1.82, 2.24) is 4.98 Å². The fraction of sp³-hybridized carbons (Fsp3) is 0.529. The number of aromatic nitrogens is 1. The number of carbonyl (C=O) groups is 3. The van der Waals surface area contributed by atoms with E-state index in [-0.39, 0.29) is 6.20 Å². The Morgan fingerprint density at radius 2 is 1.00 bits per heavy atom. The maximum Gasteiger partial charge on any atom is 0.465 e. The molecule has 0 N–H and O–H groups in total. The van der Waals surface area contributed by atoms with Crippen LogP contribution in [0.3, 0.4) is 0 Å². The number of carbonyl (C=O) groups excluding carboxylic acids is 3. The summed E-state index contributed by atoms with van der Waals surface area (Å²) in [5.74, 6) is -30.7. The fourth-order valence-electron chi connectivity index (χ4n) is 2.06. The zero-order valence-corrected chi connectivity index (χ0v) is 18.1. The Bertz CT molecular complexity index is 1110. The van der Waals surface area contributed by atoms with Crippen molar-refractivity contribution in [1.29, 1.82) is 0 Å². The van der Waals surface area contributed by atoms with Gasteiger partial charge in [0.05, 0.1) is 5.69 Å². The molecule has 0 fully saturated rings. The lowest BCUT2D eigenvalue weighted by Crippen LogP contribution is -2.46. The first-order valence-electron chi connectivity index (χ1n) is 9.07. The molecule has 0 bridgehead atoms. The Labute approximate surface area is 203 Å². The van der Waals surface area contributed by atoms with Gasteiger partial charge in [-0.2, -0.15) is 65.9 Å². The Morgan fingerprint density at radius 3 is 1.38 bits per heavy atom. The molecule has 0 spiro atoms. The molecule has 22 heteroatoms. The molecule has 0 radical (unpaired) electrons. The SMILES string of the molecule is Cc1ncc(COC(=O)C(F)(F)C(F)(F)F)c(COC(=O)C(F)(F)C(F)(F)F)c1OC(=O)C(F)(F)C(F)(F)F. The van der Waals surface area contributed by atoms with E-state index in [9.17, 15) is 80.2 Å². The minimum atomic E-state index is -6.62.